The molecule has 1 heterocycles. The number of benzene rings is 1. The highest BCUT2D eigenvalue weighted by molar-refractivity contribution is 14.1. The number of carbonyl (C=O) groups is 1. The van der Waals surface area contributed by atoms with Crippen LogP contribution in [0.2, 0.25) is 0 Å². The number of carbonyl (C=O) groups excluding carboxylic acids is 1. The van der Waals surface area contributed by atoms with Crippen molar-refractivity contribution in [3.05, 3.63) is 24.8 Å². The van der Waals surface area contributed by atoms with E-state index in [0.29, 0.717) is 28.6 Å². The van der Waals surface area contributed by atoms with E-state index in [4.69, 9.17) is 0 Å². The smallest absolute Gasteiger partial charge is 0.257 e. The monoisotopic (exact) mass is 473 g/mol. The minimum atomic E-state index is -0.750. The lowest BCUT2D eigenvalue weighted by molar-refractivity contribution is -0.0827. The summed E-state index contributed by atoms with van der Waals surface area (Å²) in [6.45, 7) is 2.57. The Kier molecular flexibility index (Phi) is 4.07. The standard InChI is InChI=1S/C12H13I2NO3/c1-2-12(18)5-15(6-12)11(17)8-3-7(13)4-9(14)10(8)16/h3-4,16,18H,2,5-6H2,1H3. The maximum Gasteiger partial charge on any atom is 0.257 e. The second-order valence-electron chi connectivity index (χ2n) is 4.52. The average molecular weight is 473 g/mol. The molecule has 0 aromatic heterocycles. The number of aromatic hydroxyl groups is 1. The van der Waals surface area contributed by atoms with E-state index in [2.05, 4.69) is 22.6 Å². The largest absolute Gasteiger partial charge is 0.506 e. The fourth-order valence-electron chi connectivity index (χ4n) is 1.93. The second-order valence-corrected chi connectivity index (χ2v) is 6.93. The van der Waals surface area contributed by atoms with Crippen molar-refractivity contribution in [1.29, 1.82) is 0 Å². The quantitative estimate of drug-likeness (QED) is 0.649. The highest BCUT2D eigenvalue weighted by Crippen LogP contribution is 2.31. The van der Waals surface area contributed by atoms with Gasteiger partial charge in [0.15, 0.2) is 0 Å². The Morgan fingerprint density at radius 3 is 2.61 bits per heavy atom. The Labute approximate surface area is 133 Å². The van der Waals surface area contributed by atoms with Crippen molar-refractivity contribution in [1.82, 2.24) is 4.90 Å². The van der Waals surface area contributed by atoms with Crippen LogP contribution in [0.1, 0.15) is 23.7 Å². The molecule has 1 aromatic rings. The molecule has 6 heteroatoms. The molecule has 1 fully saturated rings. The van der Waals surface area contributed by atoms with Gasteiger partial charge in [0.05, 0.1) is 27.8 Å². The lowest BCUT2D eigenvalue weighted by Gasteiger charge is -2.46. The third-order valence-electron chi connectivity index (χ3n) is 3.17. The lowest BCUT2D eigenvalue weighted by atomic mass is 9.90. The Bertz CT molecular complexity index is 498. The van der Waals surface area contributed by atoms with Crippen molar-refractivity contribution in [2.24, 2.45) is 0 Å². The maximum absolute atomic E-state index is 12.2. The predicted molar refractivity (Wildman–Crippen MR) is 84.7 cm³/mol. The van der Waals surface area contributed by atoms with Gasteiger partial charge in [0.2, 0.25) is 0 Å². The fraction of sp³-hybridized carbons (Fsp3) is 0.417. The number of aliphatic hydroxyl groups is 1. The van der Waals surface area contributed by atoms with Gasteiger partial charge in [-0.25, -0.2) is 0 Å². The summed E-state index contributed by atoms with van der Waals surface area (Å²) in [6.07, 6.45) is 0.632. The summed E-state index contributed by atoms with van der Waals surface area (Å²) in [4.78, 5) is 13.8. The highest BCUT2D eigenvalue weighted by atomic mass is 127. The Hall–Kier alpha value is -0.0900. The van der Waals surface area contributed by atoms with Gasteiger partial charge in [-0.1, -0.05) is 6.92 Å². The van der Waals surface area contributed by atoms with Crippen LogP contribution in [0.15, 0.2) is 12.1 Å². The minimum absolute atomic E-state index is 0.0213. The number of rotatable bonds is 2. The second kappa shape index (κ2) is 5.12. The normalized spacial score (nSPS) is 17.4. The van der Waals surface area contributed by atoms with Crippen molar-refractivity contribution in [2.45, 2.75) is 18.9 Å². The number of hydrogen-bond acceptors (Lipinski definition) is 3. The van der Waals surface area contributed by atoms with Gasteiger partial charge in [0.25, 0.3) is 5.91 Å². The van der Waals surface area contributed by atoms with E-state index in [1.54, 1.807) is 11.0 Å². The molecule has 0 atom stereocenters. The molecule has 0 bridgehead atoms. The molecule has 98 valence electrons. The van der Waals surface area contributed by atoms with Crippen LogP contribution >= 0.6 is 45.2 Å². The number of hydrogen-bond donors (Lipinski definition) is 2. The van der Waals surface area contributed by atoms with Crippen LogP contribution in [0.25, 0.3) is 0 Å². The van der Waals surface area contributed by atoms with Gasteiger partial charge in [-0.3, -0.25) is 4.79 Å². The van der Waals surface area contributed by atoms with Crippen molar-refractivity contribution in [2.75, 3.05) is 13.1 Å². The molecule has 1 aromatic carbocycles. The SMILES string of the molecule is CCC1(O)CN(C(=O)c2cc(I)cc(I)c2O)C1. The molecule has 0 unspecified atom stereocenters. The van der Waals surface area contributed by atoms with Crippen molar-refractivity contribution in [3.8, 4) is 5.75 Å². The minimum Gasteiger partial charge on any atom is -0.506 e. The van der Waals surface area contributed by atoms with Crippen LogP contribution in [-0.2, 0) is 0 Å². The third kappa shape index (κ3) is 2.60. The summed E-state index contributed by atoms with van der Waals surface area (Å²) in [7, 11) is 0. The molecule has 1 aliphatic rings. The van der Waals surface area contributed by atoms with Crippen molar-refractivity contribution < 1.29 is 15.0 Å². The Morgan fingerprint density at radius 2 is 2.06 bits per heavy atom. The topological polar surface area (TPSA) is 60.8 Å². The van der Waals surface area contributed by atoms with Crippen molar-refractivity contribution in [3.63, 3.8) is 0 Å². The summed E-state index contributed by atoms with van der Waals surface area (Å²) in [5.41, 5.74) is -0.440. The fourth-order valence-corrected chi connectivity index (χ4v) is 3.78. The number of phenols is 1. The van der Waals surface area contributed by atoms with Crippen LogP contribution in [0.5, 0.6) is 5.75 Å². The number of amides is 1. The zero-order chi connectivity index (χ0) is 13.5. The van der Waals surface area contributed by atoms with E-state index in [1.807, 2.05) is 35.6 Å². The van der Waals surface area contributed by atoms with Gasteiger partial charge in [-0.2, -0.15) is 0 Å². The maximum atomic E-state index is 12.2. The van der Waals surface area contributed by atoms with Gasteiger partial charge in [-0.15, -0.1) is 0 Å². The molecular formula is C12H13I2NO3. The van der Waals surface area contributed by atoms with Gasteiger partial charge in [-0.05, 0) is 63.7 Å². The molecule has 4 nitrogen and oxygen atoms in total. The predicted octanol–water partition coefficient (Wildman–Crippen LogP) is 2.20. The summed E-state index contributed by atoms with van der Waals surface area (Å²) in [5, 5.41) is 19.8. The van der Waals surface area contributed by atoms with E-state index in [1.165, 1.54) is 0 Å². The number of likely N-dealkylation sites (tertiary alicyclic amines) is 1. The molecule has 0 radical (unpaired) electrons. The number of halogens is 2. The molecule has 0 saturated carbocycles. The zero-order valence-electron chi connectivity index (χ0n) is 9.78. The van der Waals surface area contributed by atoms with E-state index in [-0.39, 0.29) is 11.7 Å². The van der Waals surface area contributed by atoms with E-state index in [9.17, 15) is 15.0 Å². The molecule has 2 rings (SSSR count). The van der Waals surface area contributed by atoms with Crippen LogP contribution in [0.4, 0.5) is 0 Å². The number of nitrogens with zero attached hydrogens (tertiary/aromatic N) is 1. The summed E-state index contributed by atoms with van der Waals surface area (Å²) in [6, 6.07) is 3.48. The highest BCUT2D eigenvalue weighted by Gasteiger charge is 2.42. The molecule has 0 aliphatic carbocycles. The van der Waals surface area contributed by atoms with Gasteiger partial charge >= 0.3 is 0 Å². The first-order valence-electron chi connectivity index (χ1n) is 5.56. The molecule has 1 amide bonds. The van der Waals surface area contributed by atoms with Crippen LogP contribution in [-0.4, -0.2) is 39.7 Å². The molecule has 1 aliphatic heterocycles. The summed E-state index contributed by atoms with van der Waals surface area (Å²) < 4.78 is 1.57. The first-order chi connectivity index (χ1) is 8.36. The zero-order valence-corrected chi connectivity index (χ0v) is 14.1. The van der Waals surface area contributed by atoms with E-state index < -0.39 is 5.60 Å². The van der Waals surface area contributed by atoms with Crippen LogP contribution < -0.4 is 0 Å². The molecule has 0 spiro atoms. The van der Waals surface area contributed by atoms with E-state index in [0.717, 1.165) is 3.57 Å². The summed E-state index contributed by atoms with van der Waals surface area (Å²) >= 11 is 4.11. The Morgan fingerprint density at radius 1 is 1.44 bits per heavy atom. The lowest BCUT2D eigenvalue weighted by Crippen LogP contribution is -2.63. The molecule has 2 N–H and O–H groups in total. The third-order valence-corrected chi connectivity index (χ3v) is 4.62. The van der Waals surface area contributed by atoms with Crippen LogP contribution in [0, 0.1) is 7.14 Å². The first kappa shape index (κ1) is 14.3. The van der Waals surface area contributed by atoms with Gasteiger partial charge in [0.1, 0.15) is 5.75 Å². The first-order valence-corrected chi connectivity index (χ1v) is 7.72. The van der Waals surface area contributed by atoms with Gasteiger partial charge in [0, 0.05) is 3.57 Å². The average Bonchev–Trinajstić information content (AvgIpc) is 2.28. The molecule has 18 heavy (non-hydrogen) atoms. The molecule has 1 saturated heterocycles. The number of phenolic OH excluding ortho intramolecular Hbond substituents is 1. The molecular weight excluding hydrogens is 460 g/mol. The summed E-state index contributed by atoms with van der Waals surface area (Å²) in [5.74, 6) is -0.199. The number of β-amino-alcohol motifs (C(OH)–C–C–N with tert-alkyl or cyclic N) is 1. The Balaban J connectivity index is 2.21. The van der Waals surface area contributed by atoms with Gasteiger partial charge < -0.3 is 15.1 Å². The van der Waals surface area contributed by atoms with Crippen molar-refractivity contribution >= 4 is 51.1 Å². The van der Waals surface area contributed by atoms with Crippen LogP contribution in [0.3, 0.4) is 0 Å². The van der Waals surface area contributed by atoms with E-state index >= 15 is 0 Å².